The van der Waals surface area contributed by atoms with Crippen LogP contribution < -0.4 is 0 Å². The van der Waals surface area contributed by atoms with Gasteiger partial charge in [0.1, 0.15) is 5.78 Å². The van der Waals surface area contributed by atoms with E-state index in [1.165, 1.54) is 38.4 Å². The zero-order chi connectivity index (χ0) is 15.6. The molecule has 114 valence electrons. The Balaban J connectivity index is 2.16. The van der Waals surface area contributed by atoms with Crippen molar-refractivity contribution in [2.75, 3.05) is 27.2 Å². The van der Waals surface area contributed by atoms with Crippen molar-refractivity contribution in [2.24, 2.45) is 0 Å². The highest BCUT2D eigenvalue weighted by molar-refractivity contribution is 7.89. The van der Waals surface area contributed by atoms with E-state index in [2.05, 4.69) is 0 Å². The number of sulfonamides is 1. The molecule has 0 N–H and O–H groups in total. The van der Waals surface area contributed by atoms with Crippen molar-refractivity contribution in [3.63, 3.8) is 0 Å². The molecule has 0 aliphatic carbocycles. The maximum absolute atomic E-state index is 12.3. The predicted octanol–water partition coefficient (Wildman–Crippen LogP) is 0.742. The third kappa shape index (κ3) is 3.30. The fraction of sp³-hybridized carbons (Fsp3) is 0.429. The third-order valence-corrected chi connectivity index (χ3v) is 5.32. The van der Waals surface area contributed by atoms with Gasteiger partial charge in [0, 0.05) is 45.6 Å². The van der Waals surface area contributed by atoms with Gasteiger partial charge in [-0.05, 0) is 24.3 Å². The predicted molar refractivity (Wildman–Crippen MR) is 77.5 cm³/mol. The number of benzene rings is 1. The molecule has 1 fully saturated rings. The van der Waals surface area contributed by atoms with Crippen LogP contribution >= 0.6 is 0 Å². The number of rotatable bonds is 3. The molecule has 2 rings (SSSR count). The molecule has 7 heteroatoms. The number of hydrogen-bond donors (Lipinski definition) is 0. The fourth-order valence-electron chi connectivity index (χ4n) is 2.12. The van der Waals surface area contributed by atoms with Crippen LogP contribution in [0.25, 0.3) is 0 Å². The van der Waals surface area contributed by atoms with Gasteiger partial charge >= 0.3 is 0 Å². The largest absolute Gasteiger partial charge is 0.338 e. The monoisotopic (exact) mass is 310 g/mol. The summed E-state index contributed by atoms with van der Waals surface area (Å²) >= 11 is 0. The van der Waals surface area contributed by atoms with E-state index in [0.717, 1.165) is 4.31 Å². The Morgan fingerprint density at radius 2 is 1.62 bits per heavy atom. The van der Waals surface area contributed by atoms with E-state index in [0.29, 0.717) is 31.5 Å². The van der Waals surface area contributed by atoms with Crippen LogP contribution in [0.3, 0.4) is 0 Å². The van der Waals surface area contributed by atoms with Crippen molar-refractivity contribution in [1.29, 1.82) is 0 Å². The lowest BCUT2D eigenvalue weighted by Crippen LogP contribution is -2.38. The number of piperidine rings is 1. The molecule has 21 heavy (non-hydrogen) atoms. The Bertz CT molecular complexity index is 640. The minimum absolute atomic E-state index is 0.151. The van der Waals surface area contributed by atoms with Gasteiger partial charge in [0.25, 0.3) is 5.91 Å². The highest BCUT2D eigenvalue weighted by atomic mass is 32.2. The zero-order valence-corrected chi connectivity index (χ0v) is 12.9. The van der Waals surface area contributed by atoms with Crippen molar-refractivity contribution in [3.05, 3.63) is 29.8 Å². The molecule has 1 aliphatic heterocycles. The van der Waals surface area contributed by atoms with E-state index in [4.69, 9.17) is 0 Å². The third-order valence-electron chi connectivity index (χ3n) is 3.49. The average Bonchev–Trinajstić information content (AvgIpc) is 2.47. The van der Waals surface area contributed by atoms with E-state index < -0.39 is 10.0 Å². The summed E-state index contributed by atoms with van der Waals surface area (Å²) in [7, 11) is -0.573. The van der Waals surface area contributed by atoms with Crippen molar-refractivity contribution < 1.29 is 18.0 Å². The normalized spacial score (nSPS) is 16.3. The zero-order valence-electron chi connectivity index (χ0n) is 12.1. The molecule has 0 atom stereocenters. The first kappa shape index (κ1) is 15.7. The minimum atomic E-state index is -3.49. The lowest BCUT2D eigenvalue weighted by atomic mass is 10.1. The van der Waals surface area contributed by atoms with Gasteiger partial charge in [-0.1, -0.05) is 0 Å². The highest BCUT2D eigenvalue weighted by Gasteiger charge is 2.23. The summed E-state index contributed by atoms with van der Waals surface area (Å²) in [6, 6.07) is 5.87. The number of Topliss-reactive ketones (excluding diaryl/α,β-unsaturated/α-hetero) is 1. The first-order valence-corrected chi connectivity index (χ1v) is 8.10. The van der Waals surface area contributed by atoms with Gasteiger partial charge in [-0.2, -0.15) is 0 Å². The Hall–Kier alpha value is -1.73. The lowest BCUT2D eigenvalue weighted by Gasteiger charge is -2.26. The molecular formula is C14H18N2O4S. The molecular weight excluding hydrogens is 292 g/mol. The number of likely N-dealkylation sites (tertiary alicyclic amines) is 1. The molecule has 6 nitrogen and oxygen atoms in total. The van der Waals surface area contributed by atoms with Gasteiger partial charge in [-0.3, -0.25) is 9.59 Å². The molecule has 0 unspecified atom stereocenters. The molecule has 1 saturated heterocycles. The summed E-state index contributed by atoms with van der Waals surface area (Å²) in [5.41, 5.74) is 0.432. The molecule has 1 amide bonds. The van der Waals surface area contributed by atoms with Crippen LogP contribution in [-0.2, 0) is 14.8 Å². The lowest BCUT2D eigenvalue weighted by molar-refractivity contribution is -0.120. The van der Waals surface area contributed by atoms with Gasteiger partial charge in [0.15, 0.2) is 0 Å². The molecule has 0 bridgehead atoms. The van der Waals surface area contributed by atoms with E-state index in [1.807, 2.05) is 0 Å². The van der Waals surface area contributed by atoms with Crippen molar-refractivity contribution >= 4 is 21.7 Å². The second-order valence-electron chi connectivity index (χ2n) is 5.14. The smallest absolute Gasteiger partial charge is 0.253 e. The molecule has 0 saturated carbocycles. The molecule has 0 spiro atoms. The summed E-state index contributed by atoms with van der Waals surface area (Å²) in [4.78, 5) is 25.2. The Morgan fingerprint density at radius 3 is 2.10 bits per heavy atom. The number of carbonyl (C=O) groups is 2. The van der Waals surface area contributed by atoms with Crippen molar-refractivity contribution in [1.82, 2.24) is 9.21 Å². The maximum atomic E-state index is 12.3. The van der Waals surface area contributed by atoms with Crippen LogP contribution in [-0.4, -0.2) is 56.5 Å². The van der Waals surface area contributed by atoms with Gasteiger partial charge < -0.3 is 4.90 Å². The SMILES string of the molecule is CN(C)S(=O)(=O)c1ccc(C(=O)N2CCC(=O)CC2)cc1. The Kier molecular flexibility index (Phi) is 4.43. The number of amides is 1. The number of nitrogens with zero attached hydrogens (tertiary/aromatic N) is 2. The topological polar surface area (TPSA) is 74.8 Å². The summed E-state index contributed by atoms with van der Waals surface area (Å²) in [6.07, 6.45) is 0.775. The van der Waals surface area contributed by atoms with Crippen LogP contribution in [0.1, 0.15) is 23.2 Å². The maximum Gasteiger partial charge on any atom is 0.253 e. The summed E-state index contributed by atoms with van der Waals surface area (Å²) < 4.78 is 25.0. The van der Waals surface area contributed by atoms with Crippen LogP contribution in [0, 0.1) is 0 Å². The van der Waals surface area contributed by atoms with E-state index >= 15 is 0 Å². The molecule has 1 aliphatic rings. The van der Waals surface area contributed by atoms with Crippen LogP contribution in [0.4, 0.5) is 0 Å². The number of carbonyl (C=O) groups excluding carboxylic acids is 2. The number of hydrogen-bond acceptors (Lipinski definition) is 4. The summed E-state index contributed by atoms with van der Waals surface area (Å²) in [5.74, 6) is 0.00257. The fourth-order valence-corrected chi connectivity index (χ4v) is 3.02. The summed E-state index contributed by atoms with van der Waals surface area (Å²) in [6.45, 7) is 0.852. The van der Waals surface area contributed by atoms with Gasteiger partial charge in [0.2, 0.25) is 10.0 Å². The average molecular weight is 310 g/mol. The standard InChI is InChI=1S/C14H18N2O4S/c1-15(2)21(19,20)13-5-3-11(4-6-13)14(18)16-9-7-12(17)8-10-16/h3-6H,7-10H2,1-2H3. The molecule has 0 radical (unpaired) electrons. The van der Waals surface area contributed by atoms with Crippen LogP contribution in [0.5, 0.6) is 0 Å². The summed E-state index contributed by atoms with van der Waals surface area (Å²) in [5, 5.41) is 0. The molecule has 1 aromatic carbocycles. The second kappa shape index (κ2) is 5.95. The van der Waals surface area contributed by atoms with E-state index in [9.17, 15) is 18.0 Å². The number of ketones is 1. The highest BCUT2D eigenvalue weighted by Crippen LogP contribution is 2.16. The van der Waals surface area contributed by atoms with Crippen molar-refractivity contribution in [3.8, 4) is 0 Å². The first-order chi connectivity index (χ1) is 9.82. The Morgan fingerprint density at radius 1 is 1.10 bits per heavy atom. The first-order valence-electron chi connectivity index (χ1n) is 6.66. The quantitative estimate of drug-likeness (QED) is 0.825. The molecule has 1 aromatic rings. The molecule has 0 aromatic heterocycles. The molecule has 1 heterocycles. The van der Waals surface area contributed by atoms with Crippen LogP contribution in [0.15, 0.2) is 29.2 Å². The Labute approximate surface area is 124 Å². The minimum Gasteiger partial charge on any atom is -0.338 e. The van der Waals surface area contributed by atoms with Gasteiger partial charge in [-0.25, -0.2) is 12.7 Å². The van der Waals surface area contributed by atoms with Gasteiger partial charge in [0.05, 0.1) is 4.90 Å². The van der Waals surface area contributed by atoms with E-state index in [-0.39, 0.29) is 16.6 Å². The van der Waals surface area contributed by atoms with E-state index in [1.54, 1.807) is 4.90 Å². The van der Waals surface area contributed by atoms with Crippen molar-refractivity contribution in [2.45, 2.75) is 17.7 Å². The second-order valence-corrected chi connectivity index (χ2v) is 7.29. The van der Waals surface area contributed by atoms with Crippen LogP contribution in [0.2, 0.25) is 0 Å². The van der Waals surface area contributed by atoms with Gasteiger partial charge in [-0.15, -0.1) is 0 Å².